The molecular formula is C24H25FN4O. The molecule has 3 aromatic rings. The Hall–Kier alpha value is -3.25. The second-order valence-electron chi connectivity index (χ2n) is 7.38. The van der Waals surface area contributed by atoms with Gasteiger partial charge in [0.05, 0.1) is 6.04 Å². The maximum Gasteiger partial charge on any atom is 0.251 e. The van der Waals surface area contributed by atoms with E-state index in [1.54, 1.807) is 6.20 Å². The van der Waals surface area contributed by atoms with Crippen molar-refractivity contribution in [1.29, 1.82) is 0 Å². The highest BCUT2D eigenvalue weighted by atomic mass is 19.1. The van der Waals surface area contributed by atoms with Crippen LogP contribution in [0.15, 0.2) is 79.1 Å². The van der Waals surface area contributed by atoms with Gasteiger partial charge in [-0.05, 0) is 48.0 Å². The van der Waals surface area contributed by atoms with Crippen molar-refractivity contribution in [2.45, 2.75) is 6.04 Å². The van der Waals surface area contributed by atoms with Gasteiger partial charge in [-0.15, -0.1) is 0 Å². The average Bonchev–Trinajstić information content (AvgIpc) is 2.81. The lowest BCUT2D eigenvalue weighted by Crippen LogP contribution is -2.50. The van der Waals surface area contributed by atoms with Crippen molar-refractivity contribution in [3.05, 3.63) is 96.1 Å². The zero-order chi connectivity index (χ0) is 20.8. The van der Waals surface area contributed by atoms with Crippen LogP contribution >= 0.6 is 0 Å². The van der Waals surface area contributed by atoms with Crippen LogP contribution in [0, 0.1) is 5.82 Å². The number of halogens is 1. The number of nitrogens with zero attached hydrogens (tertiary/aromatic N) is 3. The first-order valence-corrected chi connectivity index (χ1v) is 10.2. The number of pyridine rings is 1. The van der Waals surface area contributed by atoms with E-state index in [1.165, 1.54) is 30.0 Å². The molecule has 0 spiro atoms. The quantitative estimate of drug-likeness (QED) is 0.683. The number of piperazine rings is 1. The molecule has 2 aromatic carbocycles. The van der Waals surface area contributed by atoms with Crippen LogP contribution in [0.5, 0.6) is 0 Å². The van der Waals surface area contributed by atoms with Gasteiger partial charge in [0.25, 0.3) is 5.91 Å². The minimum atomic E-state index is -0.351. The van der Waals surface area contributed by atoms with Gasteiger partial charge in [0, 0.05) is 56.4 Å². The highest BCUT2D eigenvalue weighted by molar-refractivity contribution is 5.94. The summed E-state index contributed by atoms with van der Waals surface area (Å²) < 4.78 is 13.1. The van der Waals surface area contributed by atoms with Gasteiger partial charge in [-0.25, -0.2) is 4.39 Å². The third-order valence-corrected chi connectivity index (χ3v) is 5.51. The van der Waals surface area contributed by atoms with E-state index in [9.17, 15) is 9.18 Å². The summed E-state index contributed by atoms with van der Waals surface area (Å²) in [5.74, 6) is -0.553. The van der Waals surface area contributed by atoms with Crippen LogP contribution in [0.4, 0.5) is 10.1 Å². The van der Waals surface area contributed by atoms with Crippen LogP contribution in [0.3, 0.4) is 0 Å². The molecular weight excluding hydrogens is 379 g/mol. The van der Waals surface area contributed by atoms with Crippen molar-refractivity contribution in [3.63, 3.8) is 0 Å². The molecule has 5 nitrogen and oxygen atoms in total. The van der Waals surface area contributed by atoms with Crippen LogP contribution in [0.1, 0.15) is 22.0 Å². The number of benzene rings is 2. The standard InChI is InChI=1S/C24H25FN4O/c25-21-10-8-19(9-11-21)24(30)27-18-23(20-5-4-12-26-17-20)29-15-13-28(14-16-29)22-6-2-1-3-7-22/h1-12,17,23H,13-16,18H2,(H,27,30). The number of carbonyl (C=O) groups is 1. The minimum absolute atomic E-state index is 0.0287. The van der Waals surface area contributed by atoms with Crippen molar-refractivity contribution in [2.75, 3.05) is 37.6 Å². The molecule has 1 unspecified atom stereocenters. The number of rotatable bonds is 6. The Morgan fingerprint density at radius 1 is 0.967 bits per heavy atom. The number of hydrogen-bond donors (Lipinski definition) is 1. The molecule has 2 heterocycles. The van der Waals surface area contributed by atoms with Crippen molar-refractivity contribution >= 4 is 11.6 Å². The van der Waals surface area contributed by atoms with E-state index >= 15 is 0 Å². The number of anilines is 1. The predicted octanol–water partition coefficient (Wildman–Crippen LogP) is 3.51. The molecule has 0 bridgehead atoms. The Balaban J connectivity index is 1.43. The second-order valence-corrected chi connectivity index (χ2v) is 7.38. The van der Waals surface area contributed by atoms with Gasteiger partial charge in [-0.1, -0.05) is 24.3 Å². The summed E-state index contributed by atoms with van der Waals surface area (Å²) in [5.41, 5.74) is 2.76. The van der Waals surface area contributed by atoms with Crippen molar-refractivity contribution in [1.82, 2.24) is 15.2 Å². The fraction of sp³-hybridized carbons (Fsp3) is 0.250. The van der Waals surface area contributed by atoms with Crippen molar-refractivity contribution in [2.24, 2.45) is 0 Å². The molecule has 1 fully saturated rings. The van der Waals surface area contributed by atoms with Gasteiger partial charge in [-0.2, -0.15) is 0 Å². The first-order chi connectivity index (χ1) is 14.7. The number of hydrogen-bond acceptors (Lipinski definition) is 4. The highest BCUT2D eigenvalue weighted by Crippen LogP contribution is 2.23. The monoisotopic (exact) mass is 404 g/mol. The molecule has 1 aromatic heterocycles. The Kier molecular flexibility index (Phi) is 6.35. The molecule has 1 aliphatic heterocycles. The first-order valence-electron chi connectivity index (χ1n) is 10.2. The van der Waals surface area contributed by atoms with Gasteiger partial charge in [0.1, 0.15) is 5.82 Å². The first kappa shape index (κ1) is 20.0. The molecule has 1 N–H and O–H groups in total. The van der Waals surface area contributed by atoms with Crippen molar-refractivity contribution in [3.8, 4) is 0 Å². The van der Waals surface area contributed by atoms with Crippen LogP contribution in [-0.4, -0.2) is 48.5 Å². The van der Waals surface area contributed by atoms with Gasteiger partial charge < -0.3 is 10.2 Å². The summed E-state index contributed by atoms with van der Waals surface area (Å²) in [6, 6.07) is 20.0. The number of aromatic nitrogens is 1. The maximum atomic E-state index is 13.1. The molecule has 154 valence electrons. The predicted molar refractivity (Wildman–Crippen MR) is 116 cm³/mol. The molecule has 1 amide bonds. The lowest BCUT2D eigenvalue weighted by Gasteiger charge is -2.40. The smallest absolute Gasteiger partial charge is 0.251 e. The van der Waals surface area contributed by atoms with E-state index in [4.69, 9.17) is 0 Å². The fourth-order valence-corrected chi connectivity index (χ4v) is 3.85. The van der Waals surface area contributed by atoms with Gasteiger partial charge in [-0.3, -0.25) is 14.7 Å². The van der Waals surface area contributed by atoms with E-state index < -0.39 is 0 Å². The highest BCUT2D eigenvalue weighted by Gasteiger charge is 2.26. The lowest BCUT2D eigenvalue weighted by atomic mass is 10.1. The zero-order valence-corrected chi connectivity index (χ0v) is 16.7. The van der Waals surface area contributed by atoms with E-state index in [0.29, 0.717) is 12.1 Å². The van der Waals surface area contributed by atoms with E-state index in [-0.39, 0.29) is 17.8 Å². The van der Waals surface area contributed by atoms with Gasteiger partial charge in [0.2, 0.25) is 0 Å². The summed E-state index contributed by atoms with van der Waals surface area (Å²) in [7, 11) is 0. The van der Waals surface area contributed by atoms with Crippen LogP contribution in [0.25, 0.3) is 0 Å². The maximum absolute atomic E-state index is 13.1. The zero-order valence-electron chi connectivity index (χ0n) is 16.7. The summed E-state index contributed by atoms with van der Waals surface area (Å²) in [4.78, 5) is 21.6. The fourth-order valence-electron chi connectivity index (χ4n) is 3.85. The normalized spacial score (nSPS) is 15.6. The molecule has 0 saturated carbocycles. The lowest BCUT2D eigenvalue weighted by molar-refractivity contribution is 0.0930. The number of nitrogens with one attached hydrogen (secondary N) is 1. The summed E-state index contributed by atoms with van der Waals surface area (Å²) in [6.45, 7) is 4.09. The third-order valence-electron chi connectivity index (χ3n) is 5.51. The third kappa shape index (κ3) is 4.83. The van der Waals surface area contributed by atoms with E-state index in [1.807, 2.05) is 24.4 Å². The second kappa shape index (κ2) is 9.50. The number of para-hydroxylation sites is 1. The molecule has 0 radical (unpaired) electrons. The Morgan fingerprint density at radius 2 is 1.70 bits per heavy atom. The van der Waals surface area contributed by atoms with Gasteiger partial charge >= 0.3 is 0 Å². The molecule has 6 heteroatoms. The molecule has 0 aliphatic carbocycles. The number of carbonyl (C=O) groups excluding carboxylic acids is 1. The molecule has 30 heavy (non-hydrogen) atoms. The van der Waals surface area contributed by atoms with Crippen LogP contribution < -0.4 is 10.2 Å². The largest absolute Gasteiger partial charge is 0.369 e. The Bertz CT molecular complexity index is 942. The topological polar surface area (TPSA) is 48.5 Å². The molecule has 1 aliphatic rings. The summed E-state index contributed by atoms with van der Waals surface area (Å²) >= 11 is 0. The molecule has 4 rings (SSSR count). The average molecular weight is 404 g/mol. The summed E-state index contributed by atoms with van der Waals surface area (Å²) in [6.07, 6.45) is 3.61. The summed E-state index contributed by atoms with van der Waals surface area (Å²) in [5, 5.41) is 3.01. The Morgan fingerprint density at radius 3 is 2.37 bits per heavy atom. The SMILES string of the molecule is O=C(NCC(c1cccnc1)N1CCN(c2ccccc2)CC1)c1ccc(F)cc1. The van der Waals surface area contributed by atoms with Crippen LogP contribution in [0.2, 0.25) is 0 Å². The van der Waals surface area contributed by atoms with Crippen LogP contribution in [-0.2, 0) is 0 Å². The van der Waals surface area contributed by atoms with Crippen molar-refractivity contribution < 1.29 is 9.18 Å². The number of amides is 1. The molecule has 1 atom stereocenters. The van der Waals surface area contributed by atoms with E-state index in [0.717, 1.165) is 31.7 Å². The Labute approximate surface area is 176 Å². The van der Waals surface area contributed by atoms with E-state index in [2.05, 4.69) is 44.4 Å². The minimum Gasteiger partial charge on any atom is -0.369 e. The molecule has 1 saturated heterocycles. The van der Waals surface area contributed by atoms with Gasteiger partial charge in [0.15, 0.2) is 0 Å².